The zero-order chi connectivity index (χ0) is 20.1. The van der Waals surface area contributed by atoms with Gasteiger partial charge in [-0.05, 0) is 48.9 Å². The van der Waals surface area contributed by atoms with Crippen molar-refractivity contribution in [3.8, 4) is 0 Å². The molecular weight excluding hydrogens is 360 g/mol. The first-order valence-corrected chi connectivity index (χ1v) is 8.83. The maximum Gasteiger partial charge on any atom is 0.314 e. The van der Waals surface area contributed by atoms with Crippen molar-refractivity contribution in [2.75, 3.05) is 27.4 Å². The minimum atomic E-state index is -0.834. The van der Waals surface area contributed by atoms with Gasteiger partial charge in [-0.3, -0.25) is 19.2 Å². The Morgan fingerprint density at radius 1 is 0.857 bits per heavy atom. The molecule has 1 fully saturated rings. The third kappa shape index (κ3) is 4.73. The van der Waals surface area contributed by atoms with Crippen LogP contribution in [0.2, 0.25) is 0 Å². The minimum Gasteiger partial charge on any atom is -0.326 e. The number of anilines is 4. The average Bonchev–Trinajstić information content (AvgIpc) is 3.08. The maximum atomic E-state index is 12.1. The number of amides is 4. The van der Waals surface area contributed by atoms with Crippen LogP contribution in [-0.4, -0.2) is 30.2 Å². The van der Waals surface area contributed by atoms with E-state index in [2.05, 4.69) is 16.0 Å². The predicted octanol–water partition coefficient (Wildman–Crippen LogP) is 2.35. The third-order valence-corrected chi connectivity index (χ3v) is 4.16. The second-order valence-corrected chi connectivity index (χ2v) is 6.37. The molecule has 1 heterocycles. The standard InChI is InChI=1S/C20H20N4O4/c1-13(25)21-15-4-2-5-16(12-15)23-20(28)19(27)22-14-7-9-17(10-8-14)24-11-3-6-18(24)26/h2,4-5,7-10,12H,3,6,11H2,1H3,(H,21,25)(H,22,27)(H,23,28). The van der Waals surface area contributed by atoms with E-state index in [-0.39, 0.29) is 11.8 Å². The van der Waals surface area contributed by atoms with Gasteiger partial charge in [0, 0.05) is 42.6 Å². The number of carbonyl (C=O) groups excluding carboxylic acids is 4. The lowest BCUT2D eigenvalue weighted by Gasteiger charge is -2.16. The second-order valence-electron chi connectivity index (χ2n) is 6.37. The average molecular weight is 380 g/mol. The Labute approximate surface area is 161 Å². The molecule has 1 aliphatic rings. The Bertz CT molecular complexity index is 924. The first-order chi connectivity index (χ1) is 13.4. The number of carbonyl (C=O) groups is 4. The molecule has 1 aliphatic heterocycles. The van der Waals surface area contributed by atoms with Crippen LogP contribution in [0.15, 0.2) is 48.5 Å². The number of rotatable bonds is 4. The van der Waals surface area contributed by atoms with E-state index in [9.17, 15) is 19.2 Å². The highest BCUT2D eigenvalue weighted by Crippen LogP contribution is 2.23. The fourth-order valence-electron chi connectivity index (χ4n) is 2.90. The molecule has 3 N–H and O–H groups in total. The van der Waals surface area contributed by atoms with Gasteiger partial charge >= 0.3 is 11.8 Å². The molecule has 3 rings (SSSR count). The lowest BCUT2D eigenvalue weighted by molar-refractivity contribution is -0.132. The summed E-state index contributed by atoms with van der Waals surface area (Å²) in [6.45, 7) is 2.06. The Morgan fingerprint density at radius 2 is 1.46 bits per heavy atom. The molecule has 2 aromatic carbocycles. The van der Waals surface area contributed by atoms with Gasteiger partial charge in [-0.15, -0.1) is 0 Å². The van der Waals surface area contributed by atoms with Gasteiger partial charge in [0.1, 0.15) is 0 Å². The van der Waals surface area contributed by atoms with Crippen LogP contribution in [0.1, 0.15) is 19.8 Å². The lowest BCUT2D eigenvalue weighted by atomic mass is 10.2. The Hall–Kier alpha value is -3.68. The van der Waals surface area contributed by atoms with Crippen LogP contribution in [-0.2, 0) is 19.2 Å². The van der Waals surface area contributed by atoms with Gasteiger partial charge in [0.2, 0.25) is 11.8 Å². The van der Waals surface area contributed by atoms with Crippen LogP contribution in [0.5, 0.6) is 0 Å². The molecule has 8 heteroatoms. The molecular formula is C20H20N4O4. The SMILES string of the molecule is CC(=O)Nc1cccc(NC(=O)C(=O)Nc2ccc(N3CCCC3=O)cc2)c1. The largest absolute Gasteiger partial charge is 0.326 e. The van der Waals surface area contributed by atoms with E-state index in [4.69, 9.17) is 0 Å². The highest BCUT2D eigenvalue weighted by atomic mass is 16.2. The summed E-state index contributed by atoms with van der Waals surface area (Å²) in [5.41, 5.74) is 2.11. The van der Waals surface area contributed by atoms with Crippen LogP contribution < -0.4 is 20.9 Å². The number of hydrogen-bond acceptors (Lipinski definition) is 4. The van der Waals surface area contributed by atoms with E-state index in [0.717, 1.165) is 12.1 Å². The van der Waals surface area contributed by atoms with Crippen molar-refractivity contribution in [3.05, 3.63) is 48.5 Å². The molecule has 0 saturated carbocycles. The van der Waals surface area contributed by atoms with Crippen LogP contribution >= 0.6 is 0 Å². The molecule has 28 heavy (non-hydrogen) atoms. The predicted molar refractivity (Wildman–Crippen MR) is 106 cm³/mol. The van der Waals surface area contributed by atoms with E-state index < -0.39 is 11.8 Å². The molecule has 0 radical (unpaired) electrons. The lowest BCUT2D eigenvalue weighted by Crippen LogP contribution is -2.29. The molecule has 0 spiro atoms. The first kappa shape index (κ1) is 19.1. The fourth-order valence-corrected chi connectivity index (χ4v) is 2.90. The minimum absolute atomic E-state index is 0.0812. The summed E-state index contributed by atoms with van der Waals surface area (Å²) in [6, 6.07) is 13.2. The Balaban J connectivity index is 1.59. The fraction of sp³-hybridized carbons (Fsp3) is 0.200. The highest BCUT2D eigenvalue weighted by molar-refractivity contribution is 6.43. The van der Waals surface area contributed by atoms with Crippen LogP contribution in [0.25, 0.3) is 0 Å². The summed E-state index contributed by atoms with van der Waals surface area (Å²) < 4.78 is 0. The topological polar surface area (TPSA) is 108 Å². The molecule has 1 saturated heterocycles. The van der Waals surface area contributed by atoms with Crippen molar-refractivity contribution in [3.63, 3.8) is 0 Å². The molecule has 0 aliphatic carbocycles. The van der Waals surface area contributed by atoms with E-state index in [1.807, 2.05) is 0 Å². The molecule has 0 aromatic heterocycles. The number of nitrogens with one attached hydrogen (secondary N) is 3. The molecule has 144 valence electrons. The van der Waals surface area contributed by atoms with Crippen LogP contribution in [0.4, 0.5) is 22.7 Å². The van der Waals surface area contributed by atoms with E-state index >= 15 is 0 Å². The van der Waals surface area contributed by atoms with E-state index in [1.165, 1.54) is 6.92 Å². The van der Waals surface area contributed by atoms with Crippen molar-refractivity contribution < 1.29 is 19.2 Å². The molecule has 4 amide bonds. The van der Waals surface area contributed by atoms with Gasteiger partial charge in [0.25, 0.3) is 0 Å². The van der Waals surface area contributed by atoms with Gasteiger partial charge in [0.05, 0.1) is 0 Å². The number of benzene rings is 2. The van der Waals surface area contributed by atoms with Crippen molar-refractivity contribution in [1.82, 2.24) is 0 Å². The molecule has 0 bridgehead atoms. The summed E-state index contributed by atoms with van der Waals surface area (Å²) in [4.78, 5) is 48.8. The van der Waals surface area contributed by atoms with Gasteiger partial charge < -0.3 is 20.9 Å². The molecule has 2 aromatic rings. The van der Waals surface area contributed by atoms with Gasteiger partial charge in [-0.2, -0.15) is 0 Å². The van der Waals surface area contributed by atoms with Crippen LogP contribution in [0, 0.1) is 0 Å². The Morgan fingerprint density at radius 3 is 2.04 bits per heavy atom. The molecule has 8 nitrogen and oxygen atoms in total. The number of hydrogen-bond donors (Lipinski definition) is 3. The first-order valence-electron chi connectivity index (χ1n) is 8.83. The Kier molecular flexibility index (Phi) is 5.69. The summed E-state index contributed by atoms with van der Waals surface area (Å²) in [5, 5.41) is 7.60. The normalized spacial score (nSPS) is 13.2. The van der Waals surface area contributed by atoms with Crippen molar-refractivity contribution >= 4 is 46.4 Å². The highest BCUT2D eigenvalue weighted by Gasteiger charge is 2.21. The maximum absolute atomic E-state index is 12.1. The van der Waals surface area contributed by atoms with Crippen molar-refractivity contribution in [2.24, 2.45) is 0 Å². The van der Waals surface area contributed by atoms with Gasteiger partial charge in [-0.25, -0.2) is 0 Å². The van der Waals surface area contributed by atoms with Crippen LogP contribution in [0.3, 0.4) is 0 Å². The number of nitrogens with zero attached hydrogens (tertiary/aromatic N) is 1. The smallest absolute Gasteiger partial charge is 0.314 e. The zero-order valence-electron chi connectivity index (χ0n) is 15.3. The van der Waals surface area contributed by atoms with Crippen molar-refractivity contribution in [1.29, 1.82) is 0 Å². The van der Waals surface area contributed by atoms with Crippen molar-refractivity contribution in [2.45, 2.75) is 19.8 Å². The van der Waals surface area contributed by atoms with Gasteiger partial charge in [0.15, 0.2) is 0 Å². The summed E-state index contributed by atoms with van der Waals surface area (Å²) in [7, 11) is 0. The second kappa shape index (κ2) is 8.34. The monoisotopic (exact) mass is 380 g/mol. The van der Waals surface area contributed by atoms with E-state index in [0.29, 0.717) is 30.0 Å². The molecule has 0 atom stereocenters. The van der Waals surface area contributed by atoms with E-state index in [1.54, 1.807) is 53.4 Å². The third-order valence-electron chi connectivity index (χ3n) is 4.16. The summed E-state index contributed by atoms with van der Waals surface area (Å²) in [5.74, 6) is -1.81. The zero-order valence-corrected chi connectivity index (χ0v) is 15.3. The van der Waals surface area contributed by atoms with Gasteiger partial charge in [-0.1, -0.05) is 6.07 Å². The summed E-state index contributed by atoms with van der Waals surface area (Å²) in [6.07, 6.45) is 1.38. The quantitative estimate of drug-likeness (QED) is 0.708. The summed E-state index contributed by atoms with van der Waals surface area (Å²) >= 11 is 0. The molecule has 0 unspecified atom stereocenters.